The maximum absolute atomic E-state index is 8.63. The number of piperidine rings is 1. The van der Waals surface area contributed by atoms with Gasteiger partial charge in [0.05, 0.1) is 12.5 Å². The third-order valence-corrected chi connectivity index (χ3v) is 4.13. The molecule has 1 aromatic carbocycles. The molecule has 108 valence electrons. The Labute approximate surface area is 122 Å². The second kappa shape index (κ2) is 7.31. The summed E-state index contributed by atoms with van der Waals surface area (Å²) in [6.07, 6.45) is 3.06. The van der Waals surface area contributed by atoms with Crippen LogP contribution in [0.4, 0.5) is 0 Å². The van der Waals surface area contributed by atoms with Gasteiger partial charge in [0.15, 0.2) is 0 Å². The van der Waals surface area contributed by atoms with Crippen molar-refractivity contribution in [2.75, 3.05) is 19.7 Å². The van der Waals surface area contributed by atoms with Gasteiger partial charge in [-0.2, -0.15) is 5.26 Å². The standard InChI is InChI=1S/C17H24N2O/c1-14-8-10-19(15(2)13-14)11-12-20-17-5-3-16(4-6-17)7-9-18/h3-6,14-15H,7-8,10-13H2,1-2H3. The molecule has 0 aromatic heterocycles. The molecule has 2 unspecified atom stereocenters. The van der Waals surface area contributed by atoms with Crippen LogP contribution in [0.25, 0.3) is 0 Å². The van der Waals surface area contributed by atoms with Crippen molar-refractivity contribution in [3.8, 4) is 11.8 Å². The van der Waals surface area contributed by atoms with Crippen LogP contribution in [0.1, 0.15) is 32.3 Å². The number of nitriles is 1. The third-order valence-electron chi connectivity index (χ3n) is 4.13. The van der Waals surface area contributed by atoms with Crippen molar-refractivity contribution in [3.05, 3.63) is 29.8 Å². The number of hydrogen-bond donors (Lipinski definition) is 0. The van der Waals surface area contributed by atoms with Crippen LogP contribution in [0.15, 0.2) is 24.3 Å². The molecule has 1 aromatic rings. The van der Waals surface area contributed by atoms with E-state index in [1.807, 2.05) is 24.3 Å². The average molecular weight is 272 g/mol. The molecule has 0 radical (unpaired) electrons. The van der Waals surface area contributed by atoms with Gasteiger partial charge in [-0.15, -0.1) is 0 Å². The van der Waals surface area contributed by atoms with Crippen LogP contribution in [-0.2, 0) is 6.42 Å². The Kier molecular flexibility index (Phi) is 5.43. The van der Waals surface area contributed by atoms with Crippen molar-refractivity contribution in [1.29, 1.82) is 5.26 Å². The minimum Gasteiger partial charge on any atom is -0.492 e. The van der Waals surface area contributed by atoms with Crippen LogP contribution in [0.3, 0.4) is 0 Å². The Morgan fingerprint density at radius 3 is 2.70 bits per heavy atom. The van der Waals surface area contributed by atoms with Gasteiger partial charge in [-0.1, -0.05) is 19.1 Å². The van der Waals surface area contributed by atoms with E-state index in [1.54, 1.807) is 0 Å². The van der Waals surface area contributed by atoms with E-state index in [9.17, 15) is 0 Å². The van der Waals surface area contributed by atoms with E-state index in [0.717, 1.165) is 30.4 Å². The van der Waals surface area contributed by atoms with Gasteiger partial charge in [0.1, 0.15) is 12.4 Å². The highest BCUT2D eigenvalue weighted by molar-refractivity contribution is 5.28. The molecule has 0 N–H and O–H groups in total. The van der Waals surface area contributed by atoms with Crippen molar-refractivity contribution < 1.29 is 4.74 Å². The van der Waals surface area contributed by atoms with Crippen LogP contribution in [-0.4, -0.2) is 30.6 Å². The summed E-state index contributed by atoms with van der Waals surface area (Å²) in [5.41, 5.74) is 1.04. The fourth-order valence-corrected chi connectivity index (χ4v) is 2.86. The van der Waals surface area contributed by atoms with Crippen molar-refractivity contribution in [3.63, 3.8) is 0 Å². The zero-order valence-corrected chi connectivity index (χ0v) is 12.5. The Hall–Kier alpha value is -1.53. The first kappa shape index (κ1) is 14.9. The molecule has 1 saturated heterocycles. The predicted molar refractivity (Wildman–Crippen MR) is 80.7 cm³/mol. The molecule has 0 saturated carbocycles. The summed E-state index contributed by atoms with van der Waals surface area (Å²) in [5.74, 6) is 1.75. The summed E-state index contributed by atoms with van der Waals surface area (Å²) in [7, 11) is 0. The van der Waals surface area contributed by atoms with Crippen molar-refractivity contribution >= 4 is 0 Å². The van der Waals surface area contributed by atoms with Gasteiger partial charge < -0.3 is 4.74 Å². The summed E-state index contributed by atoms with van der Waals surface area (Å²) in [6, 6.07) is 10.6. The first-order valence-corrected chi connectivity index (χ1v) is 7.51. The monoisotopic (exact) mass is 272 g/mol. The Bertz CT molecular complexity index is 449. The van der Waals surface area contributed by atoms with Crippen LogP contribution in [0, 0.1) is 17.2 Å². The first-order valence-electron chi connectivity index (χ1n) is 7.51. The van der Waals surface area contributed by atoms with E-state index < -0.39 is 0 Å². The largest absolute Gasteiger partial charge is 0.492 e. The van der Waals surface area contributed by atoms with E-state index >= 15 is 0 Å². The normalized spacial score (nSPS) is 23.2. The number of rotatable bonds is 5. The average Bonchev–Trinajstić information content (AvgIpc) is 2.43. The van der Waals surface area contributed by atoms with Gasteiger partial charge in [0.25, 0.3) is 0 Å². The SMILES string of the molecule is CC1CCN(CCOc2ccc(CC#N)cc2)C(C)C1. The maximum atomic E-state index is 8.63. The van der Waals surface area contributed by atoms with Gasteiger partial charge >= 0.3 is 0 Å². The van der Waals surface area contributed by atoms with Gasteiger partial charge in [0, 0.05) is 12.6 Å². The van der Waals surface area contributed by atoms with Crippen molar-refractivity contribution in [1.82, 2.24) is 4.90 Å². The third kappa shape index (κ3) is 4.25. The Morgan fingerprint density at radius 2 is 2.05 bits per heavy atom. The van der Waals surface area contributed by atoms with Gasteiger partial charge in [-0.25, -0.2) is 0 Å². The molecule has 2 atom stereocenters. The topological polar surface area (TPSA) is 36.3 Å². The highest BCUT2D eigenvalue weighted by Crippen LogP contribution is 2.21. The quantitative estimate of drug-likeness (QED) is 0.825. The van der Waals surface area contributed by atoms with Gasteiger partial charge in [-0.3, -0.25) is 4.90 Å². The Morgan fingerprint density at radius 1 is 1.30 bits per heavy atom. The minimum atomic E-state index is 0.462. The van der Waals surface area contributed by atoms with Gasteiger partial charge in [-0.05, 0) is 49.9 Å². The summed E-state index contributed by atoms with van der Waals surface area (Å²) in [4.78, 5) is 2.52. The molecule has 1 aliphatic heterocycles. The lowest BCUT2D eigenvalue weighted by Gasteiger charge is -2.36. The van der Waals surface area contributed by atoms with E-state index in [2.05, 4.69) is 24.8 Å². The number of likely N-dealkylation sites (tertiary alicyclic amines) is 1. The highest BCUT2D eigenvalue weighted by Gasteiger charge is 2.22. The molecular formula is C17H24N2O. The maximum Gasteiger partial charge on any atom is 0.119 e. The van der Waals surface area contributed by atoms with E-state index in [1.165, 1.54) is 19.4 Å². The molecule has 20 heavy (non-hydrogen) atoms. The zero-order valence-electron chi connectivity index (χ0n) is 12.5. The Balaban J connectivity index is 1.74. The summed E-state index contributed by atoms with van der Waals surface area (Å²) < 4.78 is 5.79. The number of benzene rings is 1. The lowest BCUT2D eigenvalue weighted by atomic mass is 9.93. The molecule has 0 spiro atoms. The molecular weight excluding hydrogens is 248 g/mol. The number of ether oxygens (including phenoxy) is 1. The summed E-state index contributed by atoms with van der Waals surface area (Å²) in [5, 5.41) is 8.63. The molecule has 0 aliphatic carbocycles. The molecule has 3 nitrogen and oxygen atoms in total. The molecule has 3 heteroatoms. The van der Waals surface area contributed by atoms with Crippen molar-refractivity contribution in [2.24, 2.45) is 5.92 Å². The fourth-order valence-electron chi connectivity index (χ4n) is 2.86. The molecule has 0 amide bonds. The van der Waals surface area contributed by atoms with Gasteiger partial charge in [0.2, 0.25) is 0 Å². The van der Waals surface area contributed by atoms with Crippen LogP contribution in [0.5, 0.6) is 5.75 Å². The highest BCUT2D eigenvalue weighted by atomic mass is 16.5. The second-order valence-electron chi connectivity index (χ2n) is 5.84. The lowest BCUT2D eigenvalue weighted by molar-refractivity contribution is 0.109. The van der Waals surface area contributed by atoms with Crippen molar-refractivity contribution in [2.45, 2.75) is 39.2 Å². The molecule has 1 aliphatic rings. The van der Waals surface area contributed by atoms with E-state index in [0.29, 0.717) is 12.5 Å². The first-order chi connectivity index (χ1) is 9.69. The fraction of sp³-hybridized carbons (Fsp3) is 0.588. The number of hydrogen-bond acceptors (Lipinski definition) is 3. The lowest BCUT2D eigenvalue weighted by Crippen LogP contribution is -2.42. The van der Waals surface area contributed by atoms with Crippen LogP contribution in [0.2, 0.25) is 0 Å². The van der Waals surface area contributed by atoms with Crippen LogP contribution < -0.4 is 4.74 Å². The molecule has 0 bridgehead atoms. The summed E-state index contributed by atoms with van der Waals surface area (Å²) in [6.45, 7) is 7.57. The molecule has 1 heterocycles. The van der Waals surface area contributed by atoms with E-state index in [4.69, 9.17) is 10.00 Å². The smallest absolute Gasteiger partial charge is 0.119 e. The predicted octanol–water partition coefficient (Wildman–Crippen LogP) is 3.25. The molecule has 2 rings (SSSR count). The zero-order chi connectivity index (χ0) is 14.4. The summed E-state index contributed by atoms with van der Waals surface area (Å²) >= 11 is 0. The van der Waals surface area contributed by atoms with E-state index in [-0.39, 0.29) is 0 Å². The van der Waals surface area contributed by atoms with Crippen LogP contribution >= 0.6 is 0 Å². The number of nitrogens with zero attached hydrogens (tertiary/aromatic N) is 2. The second-order valence-corrected chi connectivity index (χ2v) is 5.84. The minimum absolute atomic E-state index is 0.462. The molecule has 1 fully saturated rings.